The lowest BCUT2D eigenvalue weighted by Gasteiger charge is -2.18. The molecule has 1 N–H and O–H groups in total. The Morgan fingerprint density at radius 3 is 2.78 bits per heavy atom. The molecule has 5 nitrogen and oxygen atoms in total. The molecule has 1 fully saturated rings. The number of carbonyl (C=O) groups excluding carboxylic acids is 1. The standard InChI is InChI=1S/C19H19FN4OS2/c1-12-22-23-19(24(12)15-8-9-15)27-11-17(25)21-18(16-3-2-10-26-16)13-4-6-14(20)7-5-13/h2-7,10,15,18H,8-9,11H2,1H3,(H,21,25)/t18-/m1/s1. The fraction of sp³-hybridized carbons (Fsp3) is 0.316. The molecular formula is C19H19FN4OS2. The molecule has 140 valence electrons. The minimum Gasteiger partial charge on any atom is -0.344 e. The topological polar surface area (TPSA) is 59.8 Å². The number of hydrogen-bond donors (Lipinski definition) is 1. The number of carbonyl (C=O) groups is 1. The first kappa shape index (κ1) is 18.2. The maximum absolute atomic E-state index is 13.3. The summed E-state index contributed by atoms with van der Waals surface area (Å²) in [5.41, 5.74) is 0.856. The number of nitrogens with one attached hydrogen (secondary N) is 1. The lowest BCUT2D eigenvalue weighted by molar-refractivity contribution is -0.119. The number of aryl methyl sites for hydroxylation is 1. The lowest BCUT2D eigenvalue weighted by Crippen LogP contribution is -2.30. The highest BCUT2D eigenvalue weighted by molar-refractivity contribution is 7.99. The van der Waals surface area contributed by atoms with Crippen molar-refractivity contribution in [3.63, 3.8) is 0 Å². The molecule has 4 rings (SSSR count). The third-order valence-electron chi connectivity index (χ3n) is 4.42. The normalized spacial score (nSPS) is 14.9. The molecule has 1 aromatic carbocycles. The molecular weight excluding hydrogens is 383 g/mol. The van der Waals surface area contributed by atoms with Gasteiger partial charge in [-0.15, -0.1) is 21.5 Å². The zero-order valence-electron chi connectivity index (χ0n) is 14.8. The molecule has 0 radical (unpaired) electrons. The van der Waals surface area contributed by atoms with E-state index in [9.17, 15) is 9.18 Å². The smallest absolute Gasteiger partial charge is 0.231 e. The van der Waals surface area contributed by atoms with E-state index in [-0.39, 0.29) is 23.5 Å². The van der Waals surface area contributed by atoms with E-state index in [4.69, 9.17) is 0 Å². The summed E-state index contributed by atoms with van der Waals surface area (Å²) in [6, 6.07) is 10.3. The molecule has 1 amide bonds. The van der Waals surface area contributed by atoms with Crippen LogP contribution in [0.25, 0.3) is 0 Å². The van der Waals surface area contributed by atoms with Crippen LogP contribution in [-0.2, 0) is 4.79 Å². The number of thioether (sulfide) groups is 1. The number of hydrogen-bond acceptors (Lipinski definition) is 5. The van der Waals surface area contributed by atoms with Gasteiger partial charge in [-0.2, -0.15) is 0 Å². The molecule has 0 aliphatic heterocycles. The fourth-order valence-corrected chi connectivity index (χ4v) is 4.63. The number of aromatic nitrogens is 3. The third-order valence-corrected chi connectivity index (χ3v) is 6.30. The van der Waals surface area contributed by atoms with Crippen LogP contribution in [-0.4, -0.2) is 26.4 Å². The molecule has 1 atom stereocenters. The van der Waals surface area contributed by atoms with Crippen molar-refractivity contribution >= 4 is 29.0 Å². The van der Waals surface area contributed by atoms with Crippen LogP contribution in [0, 0.1) is 12.7 Å². The molecule has 1 aliphatic carbocycles. The third kappa shape index (κ3) is 4.22. The first-order valence-corrected chi connectivity index (χ1v) is 10.6. The van der Waals surface area contributed by atoms with Crippen molar-refractivity contribution in [2.75, 3.05) is 5.75 Å². The second kappa shape index (κ2) is 7.82. The Labute approximate surface area is 165 Å². The van der Waals surface area contributed by atoms with Crippen LogP contribution >= 0.6 is 23.1 Å². The summed E-state index contributed by atoms with van der Waals surface area (Å²) in [5.74, 6) is 0.766. The van der Waals surface area contributed by atoms with Crippen molar-refractivity contribution in [3.8, 4) is 0 Å². The van der Waals surface area contributed by atoms with E-state index in [0.717, 1.165) is 34.3 Å². The molecule has 1 aliphatic rings. The average molecular weight is 403 g/mol. The SMILES string of the molecule is Cc1nnc(SCC(=O)N[C@H](c2ccc(F)cc2)c2cccs2)n1C1CC1. The molecule has 0 bridgehead atoms. The summed E-state index contributed by atoms with van der Waals surface area (Å²) >= 11 is 2.96. The van der Waals surface area contributed by atoms with Gasteiger partial charge in [-0.1, -0.05) is 30.0 Å². The number of benzene rings is 1. The zero-order valence-corrected chi connectivity index (χ0v) is 16.4. The van der Waals surface area contributed by atoms with Gasteiger partial charge < -0.3 is 9.88 Å². The van der Waals surface area contributed by atoms with Crippen molar-refractivity contribution < 1.29 is 9.18 Å². The summed E-state index contributed by atoms with van der Waals surface area (Å²) in [5, 5.41) is 14.2. The second-order valence-electron chi connectivity index (χ2n) is 6.49. The molecule has 2 heterocycles. The largest absolute Gasteiger partial charge is 0.344 e. The zero-order chi connectivity index (χ0) is 18.8. The van der Waals surface area contributed by atoms with E-state index in [1.807, 2.05) is 24.4 Å². The van der Waals surface area contributed by atoms with Gasteiger partial charge in [0.25, 0.3) is 0 Å². The van der Waals surface area contributed by atoms with Crippen molar-refractivity contribution in [3.05, 3.63) is 63.9 Å². The number of nitrogens with zero attached hydrogens (tertiary/aromatic N) is 3. The molecule has 27 heavy (non-hydrogen) atoms. The highest BCUT2D eigenvalue weighted by Crippen LogP contribution is 2.38. The highest BCUT2D eigenvalue weighted by Gasteiger charge is 2.28. The number of thiophene rings is 1. The van der Waals surface area contributed by atoms with E-state index in [0.29, 0.717) is 6.04 Å². The Hall–Kier alpha value is -2.19. The van der Waals surface area contributed by atoms with E-state index < -0.39 is 0 Å². The molecule has 0 spiro atoms. The Bertz CT molecular complexity index is 920. The van der Waals surface area contributed by atoms with Gasteiger partial charge >= 0.3 is 0 Å². The monoisotopic (exact) mass is 402 g/mol. The predicted octanol–water partition coefficient (Wildman–Crippen LogP) is 4.12. The van der Waals surface area contributed by atoms with Crippen LogP contribution in [0.3, 0.4) is 0 Å². The summed E-state index contributed by atoms with van der Waals surface area (Å²) in [4.78, 5) is 13.6. The quantitative estimate of drug-likeness (QED) is 0.604. The maximum atomic E-state index is 13.3. The van der Waals surface area contributed by atoms with Gasteiger partial charge in [0.2, 0.25) is 5.91 Å². The van der Waals surface area contributed by atoms with Gasteiger partial charge in [0.05, 0.1) is 11.8 Å². The van der Waals surface area contributed by atoms with E-state index in [1.165, 1.54) is 23.9 Å². The van der Waals surface area contributed by atoms with Gasteiger partial charge in [-0.25, -0.2) is 4.39 Å². The summed E-state index contributed by atoms with van der Waals surface area (Å²) in [6.07, 6.45) is 2.29. The van der Waals surface area contributed by atoms with Crippen molar-refractivity contribution in [1.82, 2.24) is 20.1 Å². The summed E-state index contributed by atoms with van der Waals surface area (Å²) in [7, 11) is 0. The second-order valence-corrected chi connectivity index (χ2v) is 8.41. The fourth-order valence-electron chi connectivity index (χ4n) is 2.96. The molecule has 0 unspecified atom stereocenters. The van der Waals surface area contributed by atoms with Gasteiger partial charge in [-0.05, 0) is 48.9 Å². The van der Waals surface area contributed by atoms with Crippen LogP contribution in [0.5, 0.6) is 0 Å². The van der Waals surface area contributed by atoms with E-state index in [1.54, 1.807) is 23.5 Å². The van der Waals surface area contributed by atoms with Crippen LogP contribution < -0.4 is 5.32 Å². The van der Waals surface area contributed by atoms with Crippen LogP contribution in [0.2, 0.25) is 0 Å². The maximum Gasteiger partial charge on any atom is 0.231 e. The van der Waals surface area contributed by atoms with Crippen molar-refractivity contribution in [1.29, 1.82) is 0 Å². The first-order valence-electron chi connectivity index (χ1n) is 8.74. The van der Waals surface area contributed by atoms with E-state index >= 15 is 0 Å². The van der Waals surface area contributed by atoms with Crippen LogP contribution in [0.15, 0.2) is 46.9 Å². The number of amides is 1. The number of halogens is 1. The van der Waals surface area contributed by atoms with Gasteiger partial charge in [0.1, 0.15) is 11.6 Å². The van der Waals surface area contributed by atoms with Crippen molar-refractivity contribution in [2.24, 2.45) is 0 Å². The van der Waals surface area contributed by atoms with Gasteiger partial charge in [0.15, 0.2) is 5.16 Å². The minimum atomic E-state index is -0.291. The van der Waals surface area contributed by atoms with Gasteiger partial charge in [0, 0.05) is 10.9 Å². The lowest BCUT2D eigenvalue weighted by atomic mass is 10.1. The summed E-state index contributed by atoms with van der Waals surface area (Å²) < 4.78 is 15.4. The molecule has 3 aromatic rings. The predicted molar refractivity (Wildman–Crippen MR) is 104 cm³/mol. The molecule has 0 saturated heterocycles. The average Bonchev–Trinajstić information content (AvgIpc) is 3.21. The number of rotatable bonds is 7. The first-order chi connectivity index (χ1) is 13.1. The Morgan fingerprint density at radius 1 is 1.33 bits per heavy atom. The minimum absolute atomic E-state index is 0.0919. The Balaban J connectivity index is 1.45. The van der Waals surface area contributed by atoms with Crippen molar-refractivity contribution in [2.45, 2.75) is 37.0 Å². The van der Waals surface area contributed by atoms with Gasteiger partial charge in [-0.3, -0.25) is 4.79 Å². The summed E-state index contributed by atoms with van der Waals surface area (Å²) in [6.45, 7) is 1.94. The molecule has 1 saturated carbocycles. The van der Waals surface area contributed by atoms with E-state index in [2.05, 4.69) is 20.1 Å². The Kier molecular flexibility index (Phi) is 5.27. The molecule has 8 heteroatoms. The molecule has 2 aromatic heterocycles. The highest BCUT2D eigenvalue weighted by atomic mass is 32.2. The van der Waals surface area contributed by atoms with Crippen LogP contribution in [0.1, 0.15) is 41.2 Å². The Morgan fingerprint density at radius 2 is 2.11 bits per heavy atom. The van der Waals surface area contributed by atoms with Crippen LogP contribution in [0.4, 0.5) is 4.39 Å².